The lowest BCUT2D eigenvalue weighted by Crippen LogP contribution is -2.44. The summed E-state index contributed by atoms with van der Waals surface area (Å²) in [6.07, 6.45) is 0.771. The number of anilines is 1. The van der Waals surface area contributed by atoms with Gasteiger partial charge in [0.2, 0.25) is 0 Å². The standard InChI is InChI=1S/C18H20N6O2/c1-13-16(12-14-2-4-15(5-3-14)24(25)26)18(22-17(21-13)6-7-19)23-10-8-20-9-11-23/h2-5,20H,6,8-12H2,1H3. The Hall–Kier alpha value is -3.05. The summed E-state index contributed by atoms with van der Waals surface area (Å²) >= 11 is 0. The number of nitrogens with one attached hydrogen (secondary N) is 1. The minimum atomic E-state index is -0.402. The molecule has 2 aromatic rings. The number of aromatic nitrogens is 2. The van der Waals surface area contributed by atoms with Crippen molar-refractivity contribution in [1.29, 1.82) is 5.26 Å². The number of nitrogens with zero attached hydrogens (tertiary/aromatic N) is 5. The topological polar surface area (TPSA) is 108 Å². The maximum absolute atomic E-state index is 10.8. The lowest BCUT2D eigenvalue weighted by Gasteiger charge is -2.30. The molecular weight excluding hydrogens is 332 g/mol. The van der Waals surface area contributed by atoms with Crippen LogP contribution in [0.1, 0.15) is 22.6 Å². The van der Waals surface area contributed by atoms with Crippen LogP contribution < -0.4 is 10.2 Å². The van der Waals surface area contributed by atoms with E-state index >= 15 is 0 Å². The average Bonchev–Trinajstić information content (AvgIpc) is 2.65. The maximum Gasteiger partial charge on any atom is 0.269 e. The van der Waals surface area contributed by atoms with E-state index in [1.165, 1.54) is 12.1 Å². The predicted molar refractivity (Wildman–Crippen MR) is 97.1 cm³/mol. The number of nitro benzene ring substituents is 1. The summed E-state index contributed by atoms with van der Waals surface area (Å²) < 4.78 is 0. The van der Waals surface area contributed by atoms with Gasteiger partial charge in [-0.25, -0.2) is 9.97 Å². The van der Waals surface area contributed by atoms with Gasteiger partial charge in [0.15, 0.2) is 0 Å². The van der Waals surface area contributed by atoms with Gasteiger partial charge in [0.25, 0.3) is 5.69 Å². The van der Waals surface area contributed by atoms with Crippen LogP contribution in [0.4, 0.5) is 11.5 Å². The van der Waals surface area contributed by atoms with Gasteiger partial charge in [-0.1, -0.05) is 12.1 Å². The van der Waals surface area contributed by atoms with Crippen molar-refractivity contribution in [3.8, 4) is 6.07 Å². The molecule has 26 heavy (non-hydrogen) atoms. The van der Waals surface area contributed by atoms with E-state index in [-0.39, 0.29) is 12.1 Å². The highest BCUT2D eigenvalue weighted by Gasteiger charge is 2.20. The molecule has 1 aliphatic heterocycles. The molecule has 8 heteroatoms. The largest absolute Gasteiger partial charge is 0.354 e. The predicted octanol–water partition coefficient (Wildman–Crippen LogP) is 1.76. The van der Waals surface area contributed by atoms with E-state index in [2.05, 4.69) is 26.3 Å². The quantitative estimate of drug-likeness (QED) is 0.645. The molecule has 3 rings (SSSR count). The zero-order valence-electron chi connectivity index (χ0n) is 14.6. The third-order valence-corrected chi connectivity index (χ3v) is 4.42. The van der Waals surface area contributed by atoms with E-state index in [9.17, 15) is 10.1 Å². The summed E-state index contributed by atoms with van der Waals surface area (Å²) in [5.41, 5.74) is 2.89. The van der Waals surface area contributed by atoms with E-state index in [1.807, 2.05) is 6.92 Å². The second-order valence-corrected chi connectivity index (χ2v) is 6.20. The zero-order chi connectivity index (χ0) is 18.5. The number of hydrogen-bond acceptors (Lipinski definition) is 7. The molecule has 1 saturated heterocycles. The van der Waals surface area contributed by atoms with Gasteiger partial charge in [0, 0.05) is 56.0 Å². The number of nitriles is 1. The molecule has 0 atom stereocenters. The molecule has 0 aliphatic carbocycles. The third kappa shape index (κ3) is 3.95. The summed E-state index contributed by atoms with van der Waals surface area (Å²) in [5.74, 6) is 1.40. The van der Waals surface area contributed by atoms with Gasteiger partial charge in [-0.2, -0.15) is 5.26 Å². The van der Waals surface area contributed by atoms with Crippen LogP contribution in [-0.2, 0) is 12.8 Å². The molecule has 0 radical (unpaired) electrons. The van der Waals surface area contributed by atoms with Gasteiger partial charge in [-0.3, -0.25) is 10.1 Å². The summed E-state index contributed by atoms with van der Waals surface area (Å²) in [6, 6.07) is 8.67. The fraction of sp³-hybridized carbons (Fsp3) is 0.389. The first kappa shape index (κ1) is 17.8. The fourth-order valence-corrected chi connectivity index (χ4v) is 3.07. The molecule has 2 heterocycles. The molecule has 1 aromatic carbocycles. The van der Waals surface area contributed by atoms with Crippen LogP contribution in [0.5, 0.6) is 0 Å². The Morgan fingerprint density at radius 2 is 1.96 bits per heavy atom. The maximum atomic E-state index is 10.8. The van der Waals surface area contributed by atoms with Crippen LogP contribution in [-0.4, -0.2) is 41.1 Å². The van der Waals surface area contributed by atoms with Crippen LogP contribution in [0.3, 0.4) is 0 Å². The van der Waals surface area contributed by atoms with Gasteiger partial charge >= 0.3 is 0 Å². The van der Waals surface area contributed by atoms with Crippen LogP contribution in [0.2, 0.25) is 0 Å². The summed E-state index contributed by atoms with van der Waals surface area (Å²) in [5, 5.41) is 23.1. The number of piperazine rings is 1. The highest BCUT2D eigenvalue weighted by molar-refractivity contribution is 5.52. The molecule has 0 unspecified atom stereocenters. The lowest BCUT2D eigenvalue weighted by atomic mass is 10.0. The first-order valence-corrected chi connectivity index (χ1v) is 8.51. The monoisotopic (exact) mass is 352 g/mol. The Balaban J connectivity index is 1.96. The number of benzene rings is 1. The first-order chi connectivity index (χ1) is 12.6. The number of nitro groups is 1. The molecule has 0 bridgehead atoms. The Morgan fingerprint density at radius 1 is 1.27 bits per heavy atom. The number of hydrogen-bond donors (Lipinski definition) is 1. The normalized spacial score (nSPS) is 14.1. The Bertz CT molecular complexity index is 838. The van der Waals surface area contributed by atoms with Crippen molar-refractivity contribution < 1.29 is 4.92 Å². The molecule has 1 aromatic heterocycles. The Labute approximate surface area is 151 Å². The zero-order valence-corrected chi connectivity index (χ0v) is 14.6. The number of non-ortho nitro benzene ring substituents is 1. The fourth-order valence-electron chi connectivity index (χ4n) is 3.07. The van der Waals surface area contributed by atoms with Gasteiger partial charge in [-0.05, 0) is 12.5 Å². The molecule has 8 nitrogen and oxygen atoms in total. The van der Waals surface area contributed by atoms with Crippen molar-refractivity contribution in [2.24, 2.45) is 0 Å². The van der Waals surface area contributed by atoms with Crippen molar-refractivity contribution in [1.82, 2.24) is 15.3 Å². The minimum absolute atomic E-state index is 0.0772. The highest BCUT2D eigenvalue weighted by atomic mass is 16.6. The molecule has 1 N–H and O–H groups in total. The van der Waals surface area contributed by atoms with Gasteiger partial charge < -0.3 is 10.2 Å². The first-order valence-electron chi connectivity index (χ1n) is 8.51. The minimum Gasteiger partial charge on any atom is -0.354 e. The van der Waals surface area contributed by atoms with Crippen LogP contribution in [0, 0.1) is 28.4 Å². The lowest BCUT2D eigenvalue weighted by molar-refractivity contribution is -0.384. The summed E-state index contributed by atoms with van der Waals surface area (Å²) in [7, 11) is 0. The average molecular weight is 352 g/mol. The number of aryl methyl sites for hydroxylation is 1. The van der Waals surface area contributed by atoms with Gasteiger partial charge in [0.05, 0.1) is 17.4 Å². The summed E-state index contributed by atoms with van der Waals surface area (Å²) in [4.78, 5) is 21.8. The molecule has 0 saturated carbocycles. The van der Waals surface area contributed by atoms with Crippen molar-refractivity contribution in [2.75, 3.05) is 31.1 Å². The third-order valence-electron chi connectivity index (χ3n) is 4.42. The molecule has 1 aliphatic rings. The SMILES string of the molecule is Cc1nc(CC#N)nc(N2CCNCC2)c1Cc1ccc([N+](=O)[O-])cc1. The van der Waals surface area contributed by atoms with Crippen molar-refractivity contribution in [3.63, 3.8) is 0 Å². The van der Waals surface area contributed by atoms with Crippen LogP contribution >= 0.6 is 0 Å². The van der Waals surface area contributed by atoms with Crippen LogP contribution in [0.15, 0.2) is 24.3 Å². The summed E-state index contributed by atoms with van der Waals surface area (Å²) in [6.45, 7) is 5.38. The van der Waals surface area contributed by atoms with Crippen molar-refractivity contribution >= 4 is 11.5 Å². The smallest absolute Gasteiger partial charge is 0.269 e. The number of rotatable bonds is 5. The Morgan fingerprint density at radius 3 is 2.58 bits per heavy atom. The van der Waals surface area contributed by atoms with Crippen molar-refractivity contribution in [3.05, 3.63) is 57.0 Å². The van der Waals surface area contributed by atoms with E-state index in [0.717, 1.165) is 48.8 Å². The van der Waals surface area contributed by atoms with Gasteiger partial charge in [-0.15, -0.1) is 0 Å². The second kappa shape index (κ2) is 7.89. The molecule has 0 spiro atoms. The van der Waals surface area contributed by atoms with Gasteiger partial charge in [0.1, 0.15) is 11.6 Å². The van der Waals surface area contributed by atoms with Crippen molar-refractivity contribution in [2.45, 2.75) is 19.8 Å². The van der Waals surface area contributed by atoms with E-state index < -0.39 is 4.92 Å². The molecular formula is C18H20N6O2. The molecule has 1 fully saturated rings. The van der Waals surface area contributed by atoms with E-state index in [4.69, 9.17) is 5.26 Å². The van der Waals surface area contributed by atoms with Crippen LogP contribution in [0.25, 0.3) is 0 Å². The molecule has 0 amide bonds. The van der Waals surface area contributed by atoms with E-state index in [0.29, 0.717) is 12.2 Å². The highest BCUT2D eigenvalue weighted by Crippen LogP contribution is 2.25. The van der Waals surface area contributed by atoms with E-state index in [1.54, 1.807) is 12.1 Å². The second-order valence-electron chi connectivity index (χ2n) is 6.20. The Kier molecular flexibility index (Phi) is 5.39. The molecule has 134 valence electrons.